The lowest BCUT2D eigenvalue weighted by Gasteiger charge is -2.37. The van der Waals surface area contributed by atoms with Gasteiger partial charge in [0.1, 0.15) is 17.7 Å². The molecule has 45 heavy (non-hydrogen) atoms. The van der Waals surface area contributed by atoms with Crippen LogP contribution in [0.3, 0.4) is 0 Å². The van der Waals surface area contributed by atoms with E-state index < -0.39 is 41.7 Å². The summed E-state index contributed by atoms with van der Waals surface area (Å²) in [4.78, 5) is 57.7. The zero-order valence-corrected chi connectivity index (χ0v) is 27.7. The summed E-state index contributed by atoms with van der Waals surface area (Å²) in [5, 5.41) is 12.0. The average molecular weight is 689 g/mol. The summed E-state index contributed by atoms with van der Waals surface area (Å²) in [7, 11) is 0. The fraction of sp³-hybridized carbons (Fsp3) is 0.588. The van der Waals surface area contributed by atoms with Crippen LogP contribution >= 0.6 is 15.9 Å². The minimum absolute atomic E-state index is 0.105. The monoisotopic (exact) mass is 687 g/mol. The molecule has 3 amide bonds. The Hall–Kier alpha value is -3.02. The minimum atomic E-state index is -1.19. The van der Waals surface area contributed by atoms with Crippen LogP contribution in [0.5, 0.6) is 0 Å². The Balaban J connectivity index is 1.59. The Bertz CT molecular complexity index is 1230. The highest BCUT2D eigenvalue weighted by atomic mass is 79.9. The number of likely N-dealkylation sites (tertiary alicyclic amines) is 1. The molecule has 1 aromatic rings. The number of aliphatic hydroxyl groups excluding tert-OH is 1. The van der Waals surface area contributed by atoms with Gasteiger partial charge in [0.25, 0.3) is 0 Å². The second-order valence-corrected chi connectivity index (χ2v) is 13.4. The van der Waals surface area contributed by atoms with E-state index in [1.807, 2.05) is 30.3 Å². The van der Waals surface area contributed by atoms with Crippen LogP contribution in [-0.2, 0) is 35.2 Å². The van der Waals surface area contributed by atoms with Crippen molar-refractivity contribution in [1.82, 2.24) is 15.1 Å². The Morgan fingerprint density at radius 1 is 1.20 bits per heavy atom. The first kappa shape index (κ1) is 34.8. The zero-order chi connectivity index (χ0) is 32.6. The first-order valence-electron chi connectivity index (χ1n) is 15.9. The van der Waals surface area contributed by atoms with E-state index >= 15 is 0 Å². The van der Waals surface area contributed by atoms with Crippen molar-refractivity contribution in [3.8, 4) is 0 Å². The van der Waals surface area contributed by atoms with Gasteiger partial charge in [0.05, 0.1) is 24.5 Å². The fourth-order valence-electron chi connectivity index (χ4n) is 6.93. The molecule has 2 N–H and O–H groups in total. The number of esters is 1. The van der Waals surface area contributed by atoms with Crippen molar-refractivity contribution in [2.45, 2.75) is 87.1 Å². The number of benzene rings is 1. The predicted molar refractivity (Wildman–Crippen MR) is 173 cm³/mol. The quantitative estimate of drug-likeness (QED) is 0.105. The molecule has 246 valence electrons. The maximum atomic E-state index is 14.5. The average Bonchev–Trinajstić information content (AvgIpc) is 3.62. The summed E-state index contributed by atoms with van der Waals surface area (Å²) in [5.41, 5.74) is -0.247. The number of aliphatic hydroxyl groups is 1. The number of nitrogens with one attached hydrogen (secondary N) is 1. The van der Waals surface area contributed by atoms with Crippen LogP contribution in [0.4, 0.5) is 0 Å². The number of rotatable bonds is 18. The van der Waals surface area contributed by atoms with Gasteiger partial charge in [0, 0.05) is 37.5 Å². The molecular formula is C34H46BrN3O7. The number of hydrogen-bond donors (Lipinski definition) is 2. The van der Waals surface area contributed by atoms with Crippen LogP contribution in [0.2, 0.25) is 0 Å². The van der Waals surface area contributed by atoms with Crippen molar-refractivity contribution in [1.29, 1.82) is 0 Å². The van der Waals surface area contributed by atoms with E-state index in [4.69, 9.17) is 9.47 Å². The molecular weight excluding hydrogens is 642 g/mol. The molecule has 0 aliphatic carbocycles. The maximum Gasteiger partial charge on any atom is 0.312 e. The maximum absolute atomic E-state index is 14.5. The zero-order valence-electron chi connectivity index (χ0n) is 26.1. The lowest BCUT2D eigenvalue weighted by Crippen LogP contribution is -2.56. The van der Waals surface area contributed by atoms with E-state index in [1.54, 1.807) is 28.9 Å². The highest BCUT2D eigenvalue weighted by Crippen LogP contribution is 2.60. The number of amides is 3. The van der Waals surface area contributed by atoms with Gasteiger partial charge in [-0.1, -0.05) is 71.3 Å². The molecule has 2 bridgehead atoms. The number of alkyl halides is 1. The highest BCUT2D eigenvalue weighted by molar-refractivity contribution is 9.09. The van der Waals surface area contributed by atoms with E-state index in [2.05, 4.69) is 34.4 Å². The molecule has 3 aliphatic heterocycles. The normalized spacial score (nSPS) is 27.1. The Kier molecular flexibility index (Phi) is 12.4. The predicted octanol–water partition coefficient (Wildman–Crippen LogP) is 3.52. The fourth-order valence-corrected chi connectivity index (χ4v) is 7.87. The third-order valence-corrected chi connectivity index (χ3v) is 9.80. The number of unbranched alkanes of at least 4 members (excludes halogenated alkanes) is 3. The van der Waals surface area contributed by atoms with E-state index in [0.29, 0.717) is 45.2 Å². The topological polar surface area (TPSA) is 125 Å². The SMILES string of the molecule is C=CCCC(=O)NC[C@H](C)OC(=O)[C@H]1[C@@H]2O[C@@]3(CC2Br)[C@@H]1C(=O)N(CCCCCCO)[C@@H]3C(=O)N(CC=C)Cc1ccccc1. The van der Waals surface area contributed by atoms with E-state index in [9.17, 15) is 24.3 Å². The minimum Gasteiger partial charge on any atom is -0.460 e. The van der Waals surface area contributed by atoms with E-state index in [1.165, 1.54) is 0 Å². The van der Waals surface area contributed by atoms with Gasteiger partial charge in [-0.25, -0.2) is 0 Å². The number of fused-ring (bicyclic) bond motifs is 1. The van der Waals surface area contributed by atoms with Crippen molar-refractivity contribution in [2.24, 2.45) is 11.8 Å². The Morgan fingerprint density at radius 2 is 1.93 bits per heavy atom. The molecule has 3 saturated heterocycles. The first-order chi connectivity index (χ1) is 21.7. The summed E-state index contributed by atoms with van der Waals surface area (Å²) in [6.07, 6.45) is 6.24. The molecule has 0 saturated carbocycles. The molecule has 1 aromatic carbocycles. The van der Waals surface area contributed by atoms with Crippen molar-refractivity contribution in [2.75, 3.05) is 26.2 Å². The van der Waals surface area contributed by atoms with Crippen molar-refractivity contribution in [3.05, 3.63) is 61.2 Å². The van der Waals surface area contributed by atoms with Crippen molar-refractivity contribution >= 4 is 39.6 Å². The van der Waals surface area contributed by atoms with E-state index in [0.717, 1.165) is 18.4 Å². The van der Waals surface area contributed by atoms with Crippen LogP contribution < -0.4 is 5.32 Å². The van der Waals surface area contributed by atoms with Gasteiger partial charge < -0.3 is 29.7 Å². The smallest absolute Gasteiger partial charge is 0.312 e. The number of nitrogens with zero attached hydrogens (tertiary/aromatic N) is 2. The molecule has 0 aromatic heterocycles. The largest absolute Gasteiger partial charge is 0.460 e. The molecule has 3 fully saturated rings. The molecule has 4 rings (SSSR count). The highest BCUT2D eigenvalue weighted by Gasteiger charge is 2.77. The first-order valence-corrected chi connectivity index (χ1v) is 16.8. The van der Waals surface area contributed by atoms with Crippen LogP contribution in [0, 0.1) is 11.8 Å². The van der Waals surface area contributed by atoms with Gasteiger partial charge >= 0.3 is 5.97 Å². The molecule has 11 heteroatoms. The molecule has 7 atom stereocenters. The Labute approximate surface area is 274 Å². The molecule has 1 unspecified atom stereocenters. The second-order valence-electron chi connectivity index (χ2n) is 12.2. The van der Waals surface area contributed by atoms with Gasteiger partial charge in [-0.05, 0) is 38.2 Å². The summed E-state index contributed by atoms with van der Waals surface area (Å²) in [6, 6.07) is 8.73. The number of carbonyl (C=O) groups is 4. The van der Waals surface area contributed by atoms with Crippen LogP contribution in [-0.4, -0.2) is 93.5 Å². The third-order valence-electron chi connectivity index (χ3n) is 8.96. The summed E-state index contributed by atoms with van der Waals surface area (Å²) in [5.74, 6) is -3.02. The number of hydrogen-bond acceptors (Lipinski definition) is 7. The molecule has 3 aliphatic rings. The lowest BCUT2D eigenvalue weighted by atomic mass is 9.70. The van der Waals surface area contributed by atoms with Crippen LogP contribution in [0.15, 0.2) is 55.6 Å². The third kappa shape index (κ3) is 7.69. The van der Waals surface area contributed by atoms with Crippen LogP contribution in [0.1, 0.15) is 57.4 Å². The van der Waals surface area contributed by atoms with Crippen molar-refractivity contribution in [3.63, 3.8) is 0 Å². The standard InChI is InChI=1S/C34H46BrN3O7/c1-4-6-16-26(40)36-21-23(3)44-33(43)27-28-31(41)38(18-12-7-8-13-19-39)30(34(28)20-25(35)29(27)45-34)32(42)37(17-5-2)22-24-14-10-9-11-15-24/h4-5,9-11,14-15,23,25,27-30,39H,1-2,6-8,12-13,16-22H2,3H3,(H,36,40)/t23-,25?,27+,28-,29+,30+,34-/m0/s1. The van der Waals surface area contributed by atoms with Crippen molar-refractivity contribution < 1.29 is 33.8 Å². The summed E-state index contributed by atoms with van der Waals surface area (Å²) >= 11 is 3.70. The summed E-state index contributed by atoms with van der Waals surface area (Å²) < 4.78 is 12.4. The van der Waals surface area contributed by atoms with Gasteiger partial charge in [0.15, 0.2) is 0 Å². The van der Waals surface area contributed by atoms with Gasteiger partial charge in [0.2, 0.25) is 17.7 Å². The number of halogens is 1. The van der Waals surface area contributed by atoms with Gasteiger partial charge in [-0.2, -0.15) is 0 Å². The number of carbonyl (C=O) groups excluding carboxylic acids is 4. The number of ether oxygens (including phenoxy) is 2. The molecule has 1 spiro atoms. The summed E-state index contributed by atoms with van der Waals surface area (Å²) in [6.45, 7) is 10.4. The Morgan fingerprint density at radius 3 is 2.62 bits per heavy atom. The second kappa shape index (κ2) is 16.0. The molecule has 10 nitrogen and oxygen atoms in total. The molecule has 3 heterocycles. The van der Waals surface area contributed by atoms with Crippen LogP contribution in [0.25, 0.3) is 0 Å². The lowest BCUT2D eigenvalue weighted by molar-refractivity contribution is -0.159. The van der Waals surface area contributed by atoms with E-state index in [-0.39, 0.29) is 42.2 Å². The number of allylic oxidation sites excluding steroid dienone is 1. The van der Waals surface area contributed by atoms with Gasteiger partial charge in [-0.15, -0.1) is 13.2 Å². The van der Waals surface area contributed by atoms with Gasteiger partial charge in [-0.3, -0.25) is 19.2 Å². The molecule has 0 radical (unpaired) electrons.